The summed E-state index contributed by atoms with van der Waals surface area (Å²) in [6.07, 6.45) is 0. The highest BCUT2D eigenvalue weighted by molar-refractivity contribution is 6.28. The molecule has 1 heterocycles. The standard InChI is InChI=1S/C9H14ClNO2/c1-11(2)5-7(6-12)8-3-4-9(10)13-8/h3-4,7,12H,5-6H2,1-2H3. The monoisotopic (exact) mass is 203 g/mol. The highest BCUT2D eigenvalue weighted by atomic mass is 35.5. The molecule has 1 unspecified atom stereocenters. The molecule has 3 nitrogen and oxygen atoms in total. The summed E-state index contributed by atoms with van der Waals surface area (Å²) >= 11 is 5.64. The third-order valence-corrected chi connectivity index (χ3v) is 2.01. The molecular formula is C9H14ClNO2. The number of aliphatic hydroxyl groups is 1. The van der Waals surface area contributed by atoms with Gasteiger partial charge in [-0.2, -0.15) is 0 Å². The van der Waals surface area contributed by atoms with E-state index in [0.717, 1.165) is 12.3 Å². The Hall–Kier alpha value is -0.510. The average Bonchev–Trinajstić information content (AvgIpc) is 2.47. The van der Waals surface area contributed by atoms with E-state index in [4.69, 9.17) is 21.1 Å². The predicted molar refractivity (Wildman–Crippen MR) is 52.1 cm³/mol. The minimum atomic E-state index is 0.00231. The van der Waals surface area contributed by atoms with Crippen LogP contribution in [-0.2, 0) is 0 Å². The lowest BCUT2D eigenvalue weighted by Gasteiger charge is -2.16. The van der Waals surface area contributed by atoms with Crippen molar-refractivity contribution in [2.24, 2.45) is 0 Å². The Balaban J connectivity index is 2.66. The van der Waals surface area contributed by atoms with Gasteiger partial charge in [0.15, 0.2) is 5.22 Å². The normalized spacial score (nSPS) is 13.6. The predicted octanol–water partition coefficient (Wildman–Crippen LogP) is 1.57. The molecule has 0 aliphatic carbocycles. The molecule has 0 saturated heterocycles. The summed E-state index contributed by atoms with van der Waals surface area (Å²) in [7, 11) is 3.90. The van der Waals surface area contributed by atoms with Crippen LogP contribution in [0.2, 0.25) is 5.22 Å². The minimum absolute atomic E-state index is 0.00231. The van der Waals surface area contributed by atoms with Crippen LogP contribution in [0.3, 0.4) is 0 Å². The minimum Gasteiger partial charge on any atom is -0.449 e. The van der Waals surface area contributed by atoms with Crippen LogP contribution >= 0.6 is 11.6 Å². The van der Waals surface area contributed by atoms with Crippen molar-refractivity contribution in [1.82, 2.24) is 4.90 Å². The molecule has 0 bridgehead atoms. The van der Waals surface area contributed by atoms with Crippen molar-refractivity contribution in [2.75, 3.05) is 27.2 Å². The van der Waals surface area contributed by atoms with E-state index < -0.39 is 0 Å². The lowest BCUT2D eigenvalue weighted by molar-refractivity contribution is 0.218. The Bertz CT molecular complexity index is 260. The molecular weight excluding hydrogens is 190 g/mol. The fourth-order valence-electron chi connectivity index (χ4n) is 1.23. The molecule has 0 radical (unpaired) electrons. The van der Waals surface area contributed by atoms with Gasteiger partial charge in [0.05, 0.1) is 12.5 Å². The van der Waals surface area contributed by atoms with Crippen LogP contribution in [0.1, 0.15) is 11.7 Å². The number of aliphatic hydroxyl groups excluding tert-OH is 1. The first kappa shape index (κ1) is 10.6. The van der Waals surface area contributed by atoms with Gasteiger partial charge in [-0.3, -0.25) is 0 Å². The molecule has 0 amide bonds. The molecule has 13 heavy (non-hydrogen) atoms. The molecule has 0 aromatic carbocycles. The highest BCUT2D eigenvalue weighted by Gasteiger charge is 2.15. The topological polar surface area (TPSA) is 36.6 Å². The van der Waals surface area contributed by atoms with Gasteiger partial charge in [0.25, 0.3) is 0 Å². The van der Waals surface area contributed by atoms with Gasteiger partial charge in [0.2, 0.25) is 0 Å². The molecule has 1 N–H and O–H groups in total. The van der Waals surface area contributed by atoms with Crippen molar-refractivity contribution >= 4 is 11.6 Å². The SMILES string of the molecule is CN(C)CC(CO)c1ccc(Cl)o1. The van der Waals surface area contributed by atoms with E-state index in [1.165, 1.54) is 0 Å². The van der Waals surface area contributed by atoms with Crippen LogP contribution in [0.4, 0.5) is 0 Å². The number of hydrogen-bond acceptors (Lipinski definition) is 3. The summed E-state index contributed by atoms with van der Waals surface area (Å²) in [5, 5.41) is 9.48. The van der Waals surface area contributed by atoms with E-state index in [-0.39, 0.29) is 12.5 Å². The molecule has 1 aromatic rings. The second kappa shape index (κ2) is 4.65. The van der Waals surface area contributed by atoms with Crippen molar-refractivity contribution in [1.29, 1.82) is 0 Å². The molecule has 0 aliphatic heterocycles. The highest BCUT2D eigenvalue weighted by Crippen LogP contribution is 2.21. The molecule has 4 heteroatoms. The van der Waals surface area contributed by atoms with Crippen molar-refractivity contribution in [2.45, 2.75) is 5.92 Å². The lowest BCUT2D eigenvalue weighted by atomic mass is 10.1. The van der Waals surface area contributed by atoms with Crippen LogP contribution in [0.15, 0.2) is 16.5 Å². The van der Waals surface area contributed by atoms with Gasteiger partial charge in [0.1, 0.15) is 5.76 Å². The lowest BCUT2D eigenvalue weighted by Crippen LogP contribution is -2.22. The number of nitrogens with zero attached hydrogens (tertiary/aromatic N) is 1. The Kier molecular flexibility index (Phi) is 3.78. The van der Waals surface area contributed by atoms with E-state index in [0.29, 0.717) is 5.22 Å². The van der Waals surface area contributed by atoms with Crippen molar-refractivity contribution in [3.8, 4) is 0 Å². The molecule has 0 fully saturated rings. The van der Waals surface area contributed by atoms with Crippen molar-refractivity contribution < 1.29 is 9.52 Å². The third-order valence-electron chi connectivity index (χ3n) is 1.80. The maximum absolute atomic E-state index is 9.11. The van der Waals surface area contributed by atoms with E-state index in [9.17, 15) is 0 Å². The van der Waals surface area contributed by atoms with Gasteiger partial charge in [-0.25, -0.2) is 0 Å². The molecule has 1 rings (SSSR count). The Morgan fingerprint density at radius 1 is 1.54 bits per heavy atom. The average molecular weight is 204 g/mol. The molecule has 0 saturated carbocycles. The first-order valence-corrected chi connectivity index (χ1v) is 4.52. The largest absolute Gasteiger partial charge is 0.449 e. The molecule has 0 aliphatic rings. The van der Waals surface area contributed by atoms with Crippen LogP contribution in [-0.4, -0.2) is 37.3 Å². The van der Waals surface area contributed by atoms with Crippen LogP contribution in [0.5, 0.6) is 0 Å². The number of rotatable bonds is 4. The third kappa shape index (κ3) is 3.03. The first-order chi connectivity index (χ1) is 6.13. The van der Waals surface area contributed by atoms with E-state index in [2.05, 4.69) is 0 Å². The summed E-state index contributed by atoms with van der Waals surface area (Å²) in [4.78, 5) is 2.00. The summed E-state index contributed by atoms with van der Waals surface area (Å²) in [6.45, 7) is 0.822. The second-order valence-electron chi connectivity index (χ2n) is 3.28. The van der Waals surface area contributed by atoms with Gasteiger partial charge in [-0.1, -0.05) is 0 Å². The molecule has 74 valence electrons. The summed E-state index contributed by atoms with van der Waals surface area (Å²) < 4.78 is 5.22. The molecule has 0 spiro atoms. The fraction of sp³-hybridized carbons (Fsp3) is 0.556. The zero-order valence-corrected chi connectivity index (χ0v) is 8.58. The van der Waals surface area contributed by atoms with Gasteiger partial charge in [0, 0.05) is 6.54 Å². The van der Waals surface area contributed by atoms with E-state index in [1.807, 2.05) is 19.0 Å². The Morgan fingerprint density at radius 3 is 2.62 bits per heavy atom. The Morgan fingerprint density at radius 2 is 2.23 bits per heavy atom. The number of furan rings is 1. The van der Waals surface area contributed by atoms with Crippen LogP contribution in [0.25, 0.3) is 0 Å². The fourth-order valence-corrected chi connectivity index (χ4v) is 1.38. The number of likely N-dealkylation sites (N-methyl/N-ethyl adjacent to an activating group) is 1. The zero-order valence-electron chi connectivity index (χ0n) is 7.83. The van der Waals surface area contributed by atoms with Gasteiger partial charge >= 0.3 is 0 Å². The van der Waals surface area contributed by atoms with Gasteiger partial charge < -0.3 is 14.4 Å². The van der Waals surface area contributed by atoms with E-state index in [1.54, 1.807) is 12.1 Å². The zero-order chi connectivity index (χ0) is 9.84. The molecule has 1 atom stereocenters. The number of halogens is 1. The number of hydrogen-bond donors (Lipinski definition) is 1. The smallest absolute Gasteiger partial charge is 0.193 e. The van der Waals surface area contributed by atoms with E-state index >= 15 is 0 Å². The van der Waals surface area contributed by atoms with Crippen molar-refractivity contribution in [3.05, 3.63) is 23.1 Å². The maximum atomic E-state index is 9.11. The van der Waals surface area contributed by atoms with Crippen LogP contribution in [0, 0.1) is 0 Å². The first-order valence-electron chi connectivity index (χ1n) is 4.14. The second-order valence-corrected chi connectivity index (χ2v) is 3.66. The summed E-state index contributed by atoms with van der Waals surface area (Å²) in [5.41, 5.74) is 0. The Labute approximate surface area is 82.9 Å². The maximum Gasteiger partial charge on any atom is 0.193 e. The van der Waals surface area contributed by atoms with Gasteiger partial charge in [-0.15, -0.1) is 0 Å². The summed E-state index contributed by atoms with van der Waals surface area (Å²) in [5.74, 6) is 0.740. The summed E-state index contributed by atoms with van der Waals surface area (Å²) in [6, 6.07) is 3.49. The molecule has 1 aromatic heterocycles. The van der Waals surface area contributed by atoms with Crippen molar-refractivity contribution in [3.63, 3.8) is 0 Å². The van der Waals surface area contributed by atoms with Gasteiger partial charge in [-0.05, 0) is 37.8 Å². The quantitative estimate of drug-likeness (QED) is 0.807. The van der Waals surface area contributed by atoms with Crippen LogP contribution < -0.4 is 0 Å².